The Balaban J connectivity index is 1.05. The second kappa shape index (κ2) is 13.8. The molecule has 0 aliphatic heterocycles. The van der Waals surface area contributed by atoms with Crippen molar-refractivity contribution < 1.29 is 4.42 Å². The molecule has 0 amide bonds. The molecule has 0 fully saturated rings. The van der Waals surface area contributed by atoms with Crippen LogP contribution in [-0.4, -0.2) is 19.5 Å². The van der Waals surface area contributed by atoms with Gasteiger partial charge in [-0.25, -0.2) is 15.0 Å². The van der Waals surface area contributed by atoms with Crippen molar-refractivity contribution in [2.45, 2.75) is 0 Å². The lowest BCUT2D eigenvalue weighted by Gasteiger charge is -2.14. The first-order valence-electron chi connectivity index (χ1n) is 20.2. The Kier molecular flexibility index (Phi) is 7.78. The molecule has 0 aliphatic rings. The minimum absolute atomic E-state index is 0.604. The number of furan rings is 1. The van der Waals surface area contributed by atoms with Crippen LogP contribution < -0.4 is 0 Å². The molecule has 0 saturated heterocycles. The van der Waals surface area contributed by atoms with E-state index in [2.05, 4.69) is 168 Å². The molecule has 0 N–H and O–H groups in total. The Morgan fingerprint density at radius 1 is 0.317 bits per heavy atom. The van der Waals surface area contributed by atoms with E-state index in [0.717, 1.165) is 77.6 Å². The highest BCUT2D eigenvalue weighted by molar-refractivity contribution is 6.17. The van der Waals surface area contributed by atoms with Crippen molar-refractivity contribution in [3.8, 4) is 62.1 Å². The lowest BCUT2D eigenvalue weighted by atomic mass is 9.99. The van der Waals surface area contributed by atoms with Crippen LogP contribution in [0.1, 0.15) is 0 Å². The van der Waals surface area contributed by atoms with Crippen LogP contribution in [0.5, 0.6) is 0 Å². The maximum Gasteiger partial charge on any atom is 0.164 e. The van der Waals surface area contributed by atoms with Crippen LogP contribution in [0.15, 0.2) is 211 Å². The lowest BCUT2D eigenvalue weighted by molar-refractivity contribution is 0.669. The standard InChI is InChI=1S/C55H34N4O/c1-3-14-35(15-4-1)36-26-28-38(29-27-36)54-56-53(37-16-5-2-6-17-37)57-55(58-54)42-21-13-20-39(30-42)43-33-49(52-45-23-10-12-25-50(45)60-51(52)34-43)59-47-24-11-9-22-44(47)46-31-40-18-7-8-19-41(40)32-48(46)59/h1-34H. The molecule has 9 aromatic carbocycles. The minimum Gasteiger partial charge on any atom is -0.456 e. The largest absolute Gasteiger partial charge is 0.456 e. The van der Waals surface area contributed by atoms with Crippen molar-refractivity contribution in [2.75, 3.05) is 0 Å². The molecule has 5 nitrogen and oxygen atoms in total. The van der Waals surface area contributed by atoms with E-state index in [4.69, 9.17) is 19.4 Å². The summed E-state index contributed by atoms with van der Waals surface area (Å²) in [6.45, 7) is 0. The van der Waals surface area contributed by atoms with Crippen molar-refractivity contribution in [2.24, 2.45) is 0 Å². The summed E-state index contributed by atoms with van der Waals surface area (Å²) < 4.78 is 9.10. The van der Waals surface area contributed by atoms with Gasteiger partial charge in [0, 0.05) is 32.8 Å². The SMILES string of the molecule is c1ccc(-c2ccc(-c3nc(-c4ccccc4)nc(-c4cccc(-c5cc(-n6c7ccccc7c7cc8ccccc8cc76)c6c(c5)oc5ccccc56)c4)n3)cc2)cc1. The van der Waals surface area contributed by atoms with Crippen molar-refractivity contribution in [1.82, 2.24) is 19.5 Å². The predicted octanol–water partition coefficient (Wildman–Crippen LogP) is 14.4. The van der Waals surface area contributed by atoms with Gasteiger partial charge in [-0.05, 0) is 75.5 Å². The first-order chi connectivity index (χ1) is 29.7. The van der Waals surface area contributed by atoms with Gasteiger partial charge in [-0.15, -0.1) is 0 Å². The van der Waals surface area contributed by atoms with Gasteiger partial charge in [0.05, 0.1) is 22.1 Å². The highest BCUT2D eigenvalue weighted by Gasteiger charge is 2.21. The fraction of sp³-hybridized carbons (Fsp3) is 0. The third-order valence-corrected chi connectivity index (χ3v) is 11.6. The number of benzene rings is 9. The van der Waals surface area contributed by atoms with Crippen LogP contribution in [0.2, 0.25) is 0 Å². The summed E-state index contributed by atoms with van der Waals surface area (Å²) in [7, 11) is 0. The molecule has 3 heterocycles. The van der Waals surface area contributed by atoms with Crippen LogP contribution in [0.4, 0.5) is 0 Å². The molecule has 5 heteroatoms. The van der Waals surface area contributed by atoms with Gasteiger partial charge in [0.1, 0.15) is 11.2 Å². The monoisotopic (exact) mass is 766 g/mol. The molecule has 0 spiro atoms. The van der Waals surface area contributed by atoms with Gasteiger partial charge in [-0.2, -0.15) is 0 Å². The summed E-state index contributed by atoms with van der Waals surface area (Å²) in [4.78, 5) is 15.2. The Morgan fingerprint density at radius 3 is 1.63 bits per heavy atom. The first-order valence-corrected chi connectivity index (χ1v) is 20.2. The Labute approximate surface area is 345 Å². The molecule has 0 atom stereocenters. The Bertz CT molecular complexity index is 3590. The molecule has 0 bridgehead atoms. The second-order valence-corrected chi connectivity index (χ2v) is 15.2. The molecule has 0 saturated carbocycles. The molecule has 3 aromatic heterocycles. The maximum absolute atomic E-state index is 6.68. The van der Waals surface area contributed by atoms with E-state index < -0.39 is 0 Å². The number of aromatic nitrogens is 4. The van der Waals surface area contributed by atoms with E-state index in [9.17, 15) is 0 Å². The van der Waals surface area contributed by atoms with E-state index in [-0.39, 0.29) is 0 Å². The zero-order valence-corrected chi connectivity index (χ0v) is 32.3. The van der Waals surface area contributed by atoms with Gasteiger partial charge in [-0.1, -0.05) is 164 Å². The van der Waals surface area contributed by atoms with Crippen molar-refractivity contribution in [1.29, 1.82) is 0 Å². The fourth-order valence-corrected chi connectivity index (χ4v) is 8.72. The lowest BCUT2D eigenvalue weighted by Crippen LogP contribution is -2.00. The van der Waals surface area contributed by atoms with Gasteiger partial charge < -0.3 is 8.98 Å². The predicted molar refractivity (Wildman–Crippen MR) is 246 cm³/mol. The smallest absolute Gasteiger partial charge is 0.164 e. The number of fused-ring (bicyclic) bond motifs is 7. The molecule has 12 aromatic rings. The van der Waals surface area contributed by atoms with Crippen LogP contribution in [0.3, 0.4) is 0 Å². The molecular weight excluding hydrogens is 733 g/mol. The molecule has 0 aliphatic carbocycles. The normalized spacial score (nSPS) is 11.7. The van der Waals surface area contributed by atoms with Crippen molar-refractivity contribution in [3.05, 3.63) is 206 Å². The van der Waals surface area contributed by atoms with Gasteiger partial charge in [0.25, 0.3) is 0 Å². The fourth-order valence-electron chi connectivity index (χ4n) is 8.72. The average molecular weight is 767 g/mol. The quantitative estimate of drug-likeness (QED) is 0.169. The molecule has 60 heavy (non-hydrogen) atoms. The summed E-state index contributed by atoms with van der Waals surface area (Å²) in [6, 6.07) is 72.2. The number of para-hydroxylation sites is 2. The minimum atomic E-state index is 0.604. The van der Waals surface area contributed by atoms with Crippen LogP contribution in [0.25, 0.3) is 117 Å². The summed E-state index contributed by atoms with van der Waals surface area (Å²) in [5.41, 5.74) is 12.1. The summed E-state index contributed by atoms with van der Waals surface area (Å²) in [6.07, 6.45) is 0. The van der Waals surface area contributed by atoms with Crippen molar-refractivity contribution in [3.63, 3.8) is 0 Å². The third-order valence-electron chi connectivity index (χ3n) is 11.6. The molecule has 280 valence electrons. The van der Waals surface area contributed by atoms with E-state index in [1.807, 2.05) is 42.5 Å². The molecule has 0 radical (unpaired) electrons. The van der Waals surface area contributed by atoms with Gasteiger partial charge in [0.2, 0.25) is 0 Å². The Hall–Kier alpha value is -8.15. The van der Waals surface area contributed by atoms with Gasteiger partial charge >= 0.3 is 0 Å². The number of nitrogens with zero attached hydrogens (tertiary/aromatic N) is 4. The summed E-state index contributed by atoms with van der Waals surface area (Å²) in [5, 5.41) is 7.00. The highest BCUT2D eigenvalue weighted by Crippen LogP contribution is 2.42. The molecule has 12 rings (SSSR count). The average Bonchev–Trinajstić information content (AvgIpc) is 3.86. The number of hydrogen-bond acceptors (Lipinski definition) is 4. The maximum atomic E-state index is 6.68. The van der Waals surface area contributed by atoms with Crippen LogP contribution in [0, 0.1) is 0 Å². The van der Waals surface area contributed by atoms with E-state index in [1.54, 1.807) is 0 Å². The molecule has 0 unspecified atom stereocenters. The van der Waals surface area contributed by atoms with Crippen LogP contribution in [-0.2, 0) is 0 Å². The first kappa shape index (κ1) is 33.9. The van der Waals surface area contributed by atoms with E-state index in [1.165, 1.54) is 21.5 Å². The van der Waals surface area contributed by atoms with Gasteiger partial charge in [-0.3, -0.25) is 0 Å². The number of hydrogen-bond donors (Lipinski definition) is 0. The van der Waals surface area contributed by atoms with E-state index >= 15 is 0 Å². The zero-order chi connectivity index (χ0) is 39.6. The second-order valence-electron chi connectivity index (χ2n) is 15.2. The topological polar surface area (TPSA) is 56.7 Å². The van der Waals surface area contributed by atoms with Gasteiger partial charge in [0.15, 0.2) is 17.5 Å². The van der Waals surface area contributed by atoms with E-state index in [0.29, 0.717) is 17.5 Å². The summed E-state index contributed by atoms with van der Waals surface area (Å²) >= 11 is 0. The summed E-state index contributed by atoms with van der Waals surface area (Å²) in [5.74, 6) is 1.85. The zero-order valence-electron chi connectivity index (χ0n) is 32.3. The third kappa shape index (κ3) is 5.67. The number of rotatable bonds is 6. The molecular formula is C55H34N4O. The van der Waals surface area contributed by atoms with Crippen LogP contribution >= 0.6 is 0 Å². The highest BCUT2D eigenvalue weighted by atomic mass is 16.3. The van der Waals surface area contributed by atoms with Crippen molar-refractivity contribution >= 4 is 54.5 Å². The Morgan fingerprint density at radius 2 is 0.867 bits per heavy atom.